The van der Waals surface area contributed by atoms with Crippen LogP contribution < -0.4 is 5.32 Å². The van der Waals surface area contributed by atoms with Crippen molar-refractivity contribution in [3.63, 3.8) is 0 Å². The fourth-order valence-corrected chi connectivity index (χ4v) is 1.57. The van der Waals surface area contributed by atoms with Gasteiger partial charge in [0.05, 0.1) is 0 Å². The van der Waals surface area contributed by atoms with E-state index in [1.54, 1.807) is 0 Å². The van der Waals surface area contributed by atoms with Crippen LogP contribution in [-0.4, -0.2) is 16.0 Å². The van der Waals surface area contributed by atoms with E-state index < -0.39 is 0 Å². The maximum absolute atomic E-state index is 4.54. The Morgan fingerprint density at radius 3 is 2.50 bits per heavy atom. The number of hydrogen-bond donors (Lipinski definition) is 1. The van der Waals surface area contributed by atoms with E-state index in [0.717, 1.165) is 22.7 Å². The van der Waals surface area contributed by atoms with Crippen LogP contribution >= 0.6 is 15.9 Å². The number of rotatable bonds is 3. The van der Waals surface area contributed by atoms with Crippen LogP contribution in [0.5, 0.6) is 0 Å². The van der Waals surface area contributed by atoms with Crippen LogP contribution in [0.15, 0.2) is 10.7 Å². The predicted molar refractivity (Wildman–Crippen MR) is 71.8 cm³/mol. The van der Waals surface area contributed by atoms with E-state index in [9.17, 15) is 0 Å². The molecule has 0 aliphatic heterocycles. The van der Waals surface area contributed by atoms with Gasteiger partial charge in [-0.2, -0.15) is 0 Å². The highest BCUT2D eigenvalue weighted by Crippen LogP contribution is 2.22. The van der Waals surface area contributed by atoms with Crippen LogP contribution in [0.3, 0.4) is 0 Å². The summed E-state index contributed by atoms with van der Waals surface area (Å²) in [5.74, 6) is 1.74. The van der Waals surface area contributed by atoms with Crippen LogP contribution in [0, 0.1) is 0 Å². The first kappa shape index (κ1) is 13.4. The van der Waals surface area contributed by atoms with Crippen LogP contribution in [-0.2, 0) is 5.41 Å². The Hall–Kier alpha value is -0.640. The van der Waals surface area contributed by atoms with Gasteiger partial charge in [0.2, 0.25) is 0 Å². The Labute approximate surface area is 106 Å². The van der Waals surface area contributed by atoms with Crippen molar-refractivity contribution in [2.75, 3.05) is 5.32 Å². The third kappa shape index (κ3) is 3.74. The first-order valence-electron chi connectivity index (χ1n) is 5.64. The van der Waals surface area contributed by atoms with E-state index in [0.29, 0.717) is 6.04 Å². The van der Waals surface area contributed by atoms with Gasteiger partial charge in [-0.15, -0.1) is 0 Å². The van der Waals surface area contributed by atoms with Gasteiger partial charge < -0.3 is 5.32 Å². The minimum atomic E-state index is -0.0321. The van der Waals surface area contributed by atoms with E-state index in [1.165, 1.54) is 0 Å². The van der Waals surface area contributed by atoms with Gasteiger partial charge in [0.15, 0.2) is 0 Å². The van der Waals surface area contributed by atoms with Crippen molar-refractivity contribution in [1.82, 2.24) is 9.97 Å². The van der Waals surface area contributed by atoms with Crippen LogP contribution in [0.25, 0.3) is 0 Å². The van der Waals surface area contributed by atoms with E-state index >= 15 is 0 Å². The lowest BCUT2D eigenvalue weighted by Gasteiger charge is -2.19. The second-order valence-corrected chi connectivity index (χ2v) is 5.92. The molecule has 1 N–H and O–H groups in total. The SMILES string of the molecule is CCC(C)Nc1cc(Br)nc(C(C)(C)C)n1. The van der Waals surface area contributed by atoms with E-state index in [-0.39, 0.29) is 5.41 Å². The molecule has 1 rings (SSSR count). The van der Waals surface area contributed by atoms with Gasteiger partial charge in [0, 0.05) is 17.5 Å². The molecule has 0 fully saturated rings. The Morgan fingerprint density at radius 2 is 2.00 bits per heavy atom. The van der Waals surface area contributed by atoms with Crippen molar-refractivity contribution in [1.29, 1.82) is 0 Å². The molecule has 3 nitrogen and oxygen atoms in total. The molecule has 0 saturated heterocycles. The molecule has 0 saturated carbocycles. The quantitative estimate of drug-likeness (QED) is 0.860. The zero-order valence-corrected chi connectivity index (χ0v) is 12.2. The molecule has 0 aromatic carbocycles. The summed E-state index contributed by atoms with van der Waals surface area (Å²) in [5, 5.41) is 3.36. The Morgan fingerprint density at radius 1 is 1.38 bits per heavy atom. The molecule has 0 aliphatic rings. The van der Waals surface area contributed by atoms with E-state index in [4.69, 9.17) is 0 Å². The summed E-state index contributed by atoms with van der Waals surface area (Å²) < 4.78 is 0.832. The summed E-state index contributed by atoms with van der Waals surface area (Å²) in [7, 11) is 0. The topological polar surface area (TPSA) is 37.8 Å². The molecule has 0 amide bonds. The standard InChI is InChI=1S/C12H20BrN3/c1-6-8(2)14-10-7-9(13)15-11(16-10)12(3,4)5/h7-8H,6H2,1-5H3,(H,14,15,16). The summed E-state index contributed by atoms with van der Waals surface area (Å²) in [6.07, 6.45) is 1.08. The largest absolute Gasteiger partial charge is 0.367 e. The van der Waals surface area contributed by atoms with Crippen molar-refractivity contribution in [3.05, 3.63) is 16.5 Å². The molecule has 0 radical (unpaired) electrons. The summed E-state index contributed by atoms with van der Waals surface area (Å²) in [4.78, 5) is 8.94. The maximum Gasteiger partial charge on any atom is 0.137 e. The Balaban J connectivity index is 2.99. The summed E-state index contributed by atoms with van der Waals surface area (Å²) >= 11 is 3.43. The van der Waals surface area contributed by atoms with Crippen molar-refractivity contribution >= 4 is 21.7 Å². The molecule has 1 atom stereocenters. The minimum absolute atomic E-state index is 0.0321. The van der Waals surface area contributed by atoms with E-state index in [2.05, 4.69) is 65.8 Å². The van der Waals surface area contributed by atoms with Crippen molar-refractivity contribution in [2.24, 2.45) is 0 Å². The highest BCUT2D eigenvalue weighted by Gasteiger charge is 2.18. The van der Waals surface area contributed by atoms with Crippen molar-refractivity contribution < 1.29 is 0 Å². The van der Waals surface area contributed by atoms with Gasteiger partial charge in [0.25, 0.3) is 0 Å². The van der Waals surface area contributed by atoms with Crippen LogP contribution in [0.2, 0.25) is 0 Å². The summed E-state index contributed by atoms with van der Waals surface area (Å²) in [6.45, 7) is 10.6. The van der Waals surface area contributed by atoms with Gasteiger partial charge in [0.1, 0.15) is 16.2 Å². The minimum Gasteiger partial charge on any atom is -0.367 e. The average molecular weight is 286 g/mol. The molecule has 90 valence electrons. The Bertz CT molecular complexity index is 358. The van der Waals surface area contributed by atoms with Crippen LogP contribution in [0.4, 0.5) is 5.82 Å². The molecule has 0 bridgehead atoms. The van der Waals surface area contributed by atoms with Gasteiger partial charge in [-0.1, -0.05) is 27.7 Å². The second-order valence-electron chi connectivity index (χ2n) is 5.10. The number of hydrogen-bond acceptors (Lipinski definition) is 3. The number of halogens is 1. The average Bonchev–Trinajstić information content (AvgIpc) is 2.15. The van der Waals surface area contributed by atoms with Gasteiger partial charge >= 0.3 is 0 Å². The van der Waals surface area contributed by atoms with Crippen LogP contribution in [0.1, 0.15) is 46.9 Å². The second kappa shape index (κ2) is 5.13. The third-order valence-electron chi connectivity index (χ3n) is 2.37. The normalized spacial score (nSPS) is 13.6. The highest BCUT2D eigenvalue weighted by atomic mass is 79.9. The molecular formula is C12H20BrN3. The number of nitrogens with zero attached hydrogens (tertiary/aromatic N) is 2. The predicted octanol–water partition coefficient (Wildman–Crippen LogP) is 3.75. The molecular weight excluding hydrogens is 266 g/mol. The molecule has 0 spiro atoms. The Kier molecular flexibility index (Phi) is 4.30. The monoisotopic (exact) mass is 285 g/mol. The maximum atomic E-state index is 4.54. The molecule has 1 unspecified atom stereocenters. The lowest BCUT2D eigenvalue weighted by atomic mass is 9.96. The molecule has 4 heteroatoms. The van der Waals surface area contributed by atoms with Crippen molar-refractivity contribution in [2.45, 2.75) is 52.5 Å². The lowest BCUT2D eigenvalue weighted by Crippen LogP contribution is -2.20. The number of anilines is 1. The zero-order chi connectivity index (χ0) is 12.3. The smallest absolute Gasteiger partial charge is 0.137 e. The first-order chi connectivity index (χ1) is 7.32. The fourth-order valence-electron chi connectivity index (χ4n) is 1.18. The fraction of sp³-hybridized carbons (Fsp3) is 0.667. The van der Waals surface area contributed by atoms with Gasteiger partial charge in [-0.05, 0) is 29.3 Å². The third-order valence-corrected chi connectivity index (χ3v) is 2.78. The first-order valence-corrected chi connectivity index (χ1v) is 6.44. The molecule has 16 heavy (non-hydrogen) atoms. The van der Waals surface area contributed by atoms with Crippen molar-refractivity contribution in [3.8, 4) is 0 Å². The van der Waals surface area contributed by atoms with Gasteiger partial charge in [-0.3, -0.25) is 0 Å². The van der Waals surface area contributed by atoms with Gasteiger partial charge in [-0.25, -0.2) is 9.97 Å². The lowest BCUT2D eigenvalue weighted by molar-refractivity contribution is 0.543. The van der Waals surface area contributed by atoms with E-state index in [1.807, 2.05) is 6.07 Å². The number of nitrogens with one attached hydrogen (secondary N) is 1. The molecule has 1 aromatic rings. The highest BCUT2D eigenvalue weighted by molar-refractivity contribution is 9.10. The number of aromatic nitrogens is 2. The molecule has 0 aliphatic carbocycles. The summed E-state index contributed by atoms with van der Waals surface area (Å²) in [6, 6.07) is 2.34. The molecule has 1 heterocycles. The summed E-state index contributed by atoms with van der Waals surface area (Å²) in [5.41, 5.74) is -0.0321. The molecule has 1 aromatic heterocycles. The zero-order valence-electron chi connectivity index (χ0n) is 10.6.